The lowest BCUT2D eigenvalue weighted by Gasteiger charge is -2.29. The minimum absolute atomic E-state index is 0.0510. The molecule has 2 atom stereocenters. The molecule has 2 saturated heterocycles. The molecule has 1 aromatic rings. The number of thioether (sulfide) groups is 1. The zero-order valence-corrected chi connectivity index (χ0v) is 16.1. The van der Waals surface area contributed by atoms with Crippen LogP contribution in [0, 0.1) is 11.3 Å². The molecule has 1 aromatic carbocycles. The highest BCUT2D eigenvalue weighted by Gasteiger charge is 2.40. The van der Waals surface area contributed by atoms with Crippen molar-refractivity contribution < 1.29 is 9.59 Å². The van der Waals surface area contributed by atoms with Gasteiger partial charge in [-0.3, -0.25) is 9.59 Å². The lowest BCUT2D eigenvalue weighted by Crippen LogP contribution is -2.49. The van der Waals surface area contributed by atoms with Crippen molar-refractivity contribution in [1.29, 1.82) is 5.26 Å². The highest BCUT2D eigenvalue weighted by molar-refractivity contribution is 7.99. The molecular formula is C21H23N3O2S. The number of nitrogens with zero attached hydrogens (tertiary/aromatic N) is 3. The van der Waals surface area contributed by atoms with Crippen LogP contribution in [0.25, 0.3) is 6.08 Å². The van der Waals surface area contributed by atoms with E-state index in [1.807, 2.05) is 12.1 Å². The van der Waals surface area contributed by atoms with Crippen LogP contribution in [0.2, 0.25) is 0 Å². The lowest BCUT2D eigenvalue weighted by atomic mass is 10.1. The molecule has 2 heterocycles. The first-order valence-electron chi connectivity index (χ1n) is 9.52. The van der Waals surface area contributed by atoms with E-state index in [1.165, 1.54) is 16.7 Å². The zero-order chi connectivity index (χ0) is 18.8. The number of amides is 2. The summed E-state index contributed by atoms with van der Waals surface area (Å²) in [6.07, 6.45) is 5.85. The van der Waals surface area contributed by atoms with Crippen LogP contribution in [0.15, 0.2) is 29.8 Å². The van der Waals surface area contributed by atoms with Crippen LogP contribution in [0.5, 0.6) is 0 Å². The van der Waals surface area contributed by atoms with E-state index in [-0.39, 0.29) is 23.9 Å². The van der Waals surface area contributed by atoms with Crippen LogP contribution >= 0.6 is 11.8 Å². The Balaban J connectivity index is 1.36. The van der Waals surface area contributed by atoms with Crippen molar-refractivity contribution >= 4 is 29.7 Å². The van der Waals surface area contributed by atoms with Gasteiger partial charge in [-0.2, -0.15) is 5.26 Å². The van der Waals surface area contributed by atoms with Crippen LogP contribution in [-0.4, -0.2) is 51.9 Å². The van der Waals surface area contributed by atoms with E-state index < -0.39 is 0 Å². The lowest BCUT2D eigenvalue weighted by molar-refractivity contribution is -0.143. The van der Waals surface area contributed by atoms with E-state index in [0.717, 1.165) is 19.3 Å². The number of hydrogen-bond donors (Lipinski definition) is 0. The van der Waals surface area contributed by atoms with Gasteiger partial charge in [-0.1, -0.05) is 35.9 Å². The molecule has 3 aliphatic rings. The summed E-state index contributed by atoms with van der Waals surface area (Å²) in [5.41, 5.74) is 3.86. The predicted octanol–water partition coefficient (Wildman–Crippen LogP) is 2.82. The SMILES string of the molecule is N#C[C@@H]1CSCN1C(=O)[C@H]1CCCN1C(=O)CCC1=Cc2ccccc2C1. The number of rotatable bonds is 4. The molecule has 2 aliphatic heterocycles. The summed E-state index contributed by atoms with van der Waals surface area (Å²) in [7, 11) is 0. The number of hydrogen-bond acceptors (Lipinski definition) is 4. The predicted molar refractivity (Wildman–Crippen MR) is 106 cm³/mol. The molecular weight excluding hydrogens is 358 g/mol. The summed E-state index contributed by atoms with van der Waals surface area (Å²) >= 11 is 1.60. The van der Waals surface area contributed by atoms with Crippen LogP contribution in [0.1, 0.15) is 36.8 Å². The second-order valence-corrected chi connectivity index (χ2v) is 8.38. The van der Waals surface area contributed by atoms with Crippen molar-refractivity contribution in [3.05, 3.63) is 41.0 Å². The molecule has 0 N–H and O–H groups in total. The Hall–Kier alpha value is -2.26. The summed E-state index contributed by atoms with van der Waals surface area (Å²) in [6, 6.07) is 9.79. The zero-order valence-electron chi connectivity index (χ0n) is 15.3. The van der Waals surface area contributed by atoms with Gasteiger partial charge in [0.05, 0.1) is 11.9 Å². The average molecular weight is 382 g/mol. The molecule has 0 unspecified atom stereocenters. The van der Waals surface area contributed by atoms with Crippen LogP contribution in [-0.2, 0) is 16.0 Å². The molecule has 0 aromatic heterocycles. The molecule has 2 fully saturated rings. The van der Waals surface area contributed by atoms with Crippen LogP contribution in [0.3, 0.4) is 0 Å². The van der Waals surface area contributed by atoms with Crippen molar-refractivity contribution in [3.8, 4) is 6.07 Å². The summed E-state index contributed by atoms with van der Waals surface area (Å²) in [4.78, 5) is 29.1. The van der Waals surface area contributed by atoms with Gasteiger partial charge >= 0.3 is 0 Å². The first-order valence-corrected chi connectivity index (χ1v) is 10.7. The van der Waals surface area contributed by atoms with E-state index in [1.54, 1.807) is 21.6 Å². The molecule has 0 radical (unpaired) electrons. The number of carbonyl (C=O) groups is 2. The third-order valence-electron chi connectivity index (χ3n) is 5.66. The largest absolute Gasteiger partial charge is 0.331 e. The van der Waals surface area contributed by atoms with Crippen molar-refractivity contribution in [2.75, 3.05) is 18.2 Å². The van der Waals surface area contributed by atoms with Crippen molar-refractivity contribution in [2.24, 2.45) is 0 Å². The summed E-state index contributed by atoms with van der Waals surface area (Å²) in [5.74, 6) is 1.23. The maximum Gasteiger partial charge on any atom is 0.247 e. The highest BCUT2D eigenvalue weighted by Crippen LogP contribution is 2.29. The molecule has 0 bridgehead atoms. The van der Waals surface area contributed by atoms with E-state index in [2.05, 4.69) is 24.3 Å². The first kappa shape index (κ1) is 18.1. The maximum atomic E-state index is 12.9. The normalized spacial score (nSPS) is 23.9. The minimum atomic E-state index is -0.387. The fourth-order valence-electron chi connectivity index (χ4n) is 4.20. The van der Waals surface area contributed by atoms with Crippen molar-refractivity contribution in [2.45, 2.75) is 44.2 Å². The van der Waals surface area contributed by atoms with Gasteiger partial charge in [-0.05, 0) is 36.8 Å². The Morgan fingerprint density at radius 2 is 2.11 bits per heavy atom. The molecule has 6 heteroatoms. The van der Waals surface area contributed by atoms with E-state index in [0.29, 0.717) is 31.0 Å². The molecule has 0 spiro atoms. The fourth-order valence-corrected chi connectivity index (χ4v) is 5.29. The quantitative estimate of drug-likeness (QED) is 0.804. The van der Waals surface area contributed by atoms with Gasteiger partial charge in [0.2, 0.25) is 11.8 Å². The molecule has 140 valence electrons. The van der Waals surface area contributed by atoms with E-state index >= 15 is 0 Å². The standard InChI is InChI=1S/C21H23N3O2S/c22-12-18-13-27-14-24(18)21(26)19-6-3-9-23(19)20(25)8-7-15-10-16-4-1-2-5-17(16)11-15/h1-2,4-5,10,18-19H,3,6-9,11,13-14H2/t18-,19-/m1/s1. The van der Waals surface area contributed by atoms with Crippen LogP contribution in [0.4, 0.5) is 0 Å². The van der Waals surface area contributed by atoms with E-state index in [9.17, 15) is 14.9 Å². The van der Waals surface area contributed by atoms with Gasteiger partial charge in [-0.15, -0.1) is 11.8 Å². The number of nitriles is 1. The van der Waals surface area contributed by atoms with Gasteiger partial charge in [0.1, 0.15) is 12.1 Å². The van der Waals surface area contributed by atoms with Crippen molar-refractivity contribution in [1.82, 2.24) is 9.80 Å². The molecule has 27 heavy (non-hydrogen) atoms. The first-order chi connectivity index (χ1) is 13.2. The Bertz CT molecular complexity index is 829. The van der Waals surface area contributed by atoms with Gasteiger partial charge in [0, 0.05) is 18.7 Å². The molecule has 1 aliphatic carbocycles. The molecule has 2 amide bonds. The second-order valence-electron chi connectivity index (χ2n) is 7.38. The Morgan fingerprint density at radius 1 is 1.26 bits per heavy atom. The molecule has 5 nitrogen and oxygen atoms in total. The van der Waals surface area contributed by atoms with Crippen molar-refractivity contribution in [3.63, 3.8) is 0 Å². The molecule has 4 rings (SSSR count). The number of allylic oxidation sites excluding steroid dienone is 1. The van der Waals surface area contributed by atoms with Gasteiger partial charge in [0.15, 0.2) is 0 Å². The number of carbonyl (C=O) groups excluding carboxylic acids is 2. The number of fused-ring (bicyclic) bond motifs is 1. The monoisotopic (exact) mass is 381 g/mol. The maximum absolute atomic E-state index is 12.9. The summed E-state index contributed by atoms with van der Waals surface area (Å²) < 4.78 is 0. The second kappa shape index (κ2) is 7.77. The molecule has 0 saturated carbocycles. The Labute approximate surface area is 164 Å². The van der Waals surface area contributed by atoms with Gasteiger partial charge in [0.25, 0.3) is 0 Å². The number of likely N-dealkylation sites (tertiary alicyclic amines) is 1. The topological polar surface area (TPSA) is 64.4 Å². The third kappa shape index (κ3) is 3.61. The van der Waals surface area contributed by atoms with E-state index in [4.69, 9.17) is 0 Å². The van der Waals surface area contributed by atoms with Gasteiger partial charge in [-0.25, -0.2) is 0 Å². The third-order valence-corrected chi connectivity index (χ3v) is 6.68. The average Bonchev–Trinajstić information content (AvgIpc) is 3.43. The Morgan fingerprint density at radius 3 is 2.93 bits per heavy atom. The van der Waals surface area contributed by atoms with Crippen LogP contribution < -0.4 is 0 Å². The Kier molecular flexibility index (Phi) is 5.22. The minimum Gasteiger partial charge on any atom is -0.331 e. The highest BCUT2D eigenvalue weighted by atomic mass is 32.2. The number of benzene rings is 1. The van der Waals surface area contributed by atoms with Gasteiger partial charge < -0.3 is 9.80 Å². The smallest absolute Gasteiger partial charge is 0.247 e. The summed E-state index contributed by atoms with van der Waals surface area (Å²) in [5, 5.41) is 9.24. The fraction of sp³-hybridized carbons (Fsp3) is 0.476. The summed E-state index contributed by atoms with van der Waals surface area (Å²) in [6.45, 7) is 0.646.